The molecule has 6 nitrogen and oxygen atoms in total. The average Bonchev–Trinajstić information content (AvgIpc) is 2.77. The van der Waals surface area contributed by atoms with Crippen LogP contribution in [0.15, 0.2) is 12.3 Å². The zero-order chi connectivity index (χ0) is 13.7. The van der Waals surface area contributed by atoms with Gasteiger partial charge in [0.2, 0.25) is 0 Å². The van der Waals surface area contributed by atoms with Crippen LogP contribution in [-0.2, 0) is 0 Å². The summed E-state index contributed by atoms with van der Waals surface area (Å²) in [6.07, 6.45) is 2.02. The van der Waals surface area contributed by atoms with E-state index in [9.17, 15) is 14.9 Å². The van der Waals surface area contributed by atoms with E-state index in [2.05, 4.69) is 26.2 Å². The lowest BCUT2D eigenvalue weighted by molar-refractivity contribution is -0.384. The standard InChI is InChI=1S/C11H16BrN3O3/c1-7(2)9(3-4-12)14-11(16)10-5-8(6-13-10)15(17)18/h5-7,9,13H,3-4H2,1-2H3,(H,14,16). The van der Waals surface area contributed by atoms with Gasteiger partial charge in [0.15, 0.2) is 0 Å². The number of nitrogens with one attached hydrogen (secondary N) is 2. The smallest absolute Gasteiger partial charge is 0.287 e. The number of alkyl halides is 1. The van der Waals surface area contributed by atoms with Gasteiger partial charge in [-0.1, -0.05) is 29.8 Å². The van der Waals surface area contributed by atoms with E-state index >= 15 is 0 Å². The van der Waals surface area contributed by atoms with Gasteiger partial charge in [-0.2, -0.15) is 0 Å². The van der Waals surface area contributed by atoms with Crippen LogP contribution in [0, 0.1) is 16.0 Å². The van der Waals surface area contributed by atoms with Crippen molar-refractivity contribution in [3.8, 4) is 0 Å². The van der Waals surface area contributed by atoms with Gasteiger partial charge in [0.25, 0.3) is 11.6 Å². The monoisotopic (exact) mass is 317 g/mol. The molecule has 0 saturated carbocycles. The lowest BCUT2D eigenvalue weighted by atomic mass is 10.0. The minimum Gasteiger partial charge on any atom is -0.351 e. The molecule has 0 saturated heterocycles. The fourth-order valence-electron chi connectivity index (χ4n) is 1.56. The first-order chi connectivity index (χ1) is 8.45. The fourth-order valence-corrected chi connectivity index (χ4v) is 2.05. The summed E-state index contributed by atoms with van der Waals surface area (Å²) in [6.45, 7) is 4.04. The van der Waals surface area contributed by atoms with Crippen molar-refractivity contribution >= 4 is 27.5 Å². The van der Waals surface area contributed by atoms with Crippen LogP contribution < -0.4 is 5.32 Å². The molecule has 1 unspecified atom stereocenters. The van der Waals surface area contributed by atoms with E-state index in [4.69, 9.17) is 0 Å². The Bertz CT molecular complexity index is 431. The summed E-state index contributed by atoms with van der Waals surface area (Å²) in [5.74, 6) is -0.0146. The van der Waals surface area contributed by atoms with Crippen molar-refractivity contribution in [3.63, 3.8) is 0 Å². The molecular formula is C11H16BrN3O3. The molecule has 1 aromatic rings. The highest BCUT2D eigenvalue weighted by molar-refractivity contribution is 9.09. The Hall–Kier alpha value is -1.37. The van der Waals surface area contributed by atoms with Gasteiger partial charge in [-0.05, 0) is 12.3 Å². The highest BCUT2D eigenvalue weighted by Gasteiger charge is 2.19. The maximum atomic E-state index is 11.9. The molecule has 1 rings (SSSR count). The van der Waals surface area contributed by atoms with E-state index in [1.54, 1.807) is 0 Å². The third-order valence-corrected chi connectivity index (χ3v) is 3.12. The summed E-state index contributed by atoms with van der Waals surface area (Å²) in [6, 6.07) is 1.28. The molecule has 1 amide bonds. The van der Waals surface area contributed by atoms with E-state index in [1.807, 2.05) is 13.8 Å². The van der Waals surface area contributed by atoms with Crippen molar-refractivity contribution in [2.75, 3.05) is 5.33 Å². The summed E-state index contributed by atoms with van der Waals surface area (Å²) < 4.78 is 0. The van der Waals surface area contributed by atoms with Gasteiger partial charge in [0.1, 0.15) is 5.69 Å². The van der Waals surface area contributed by atoms with Gasteiger partial charge >= 0.3 is 0 Å². The van der Waals surface area contributed by atoms with Crippen LogP contribution in [0.25, 0.3) is 0 Å². The van der Waals surface area contributed by atoms with Crippen molar-refractivity contribution < 1.29 is 9.72 Å². The maximum Gasteiger partial charge on any atom is 0.287 e. The second-order valence-electron chi connectivity index (χ2n) is 4.33. The SMILES string of the molecule is CC(C)C(CCBr)NC(=O)c1cc([N+](=O)[O-])c[nH]1. The third kappa shape index (κ3) is 3.83. The molecule has 0 fully saturated rings. The molecule has 0 aromatic carbocycles. The molecule has 0 aliphatic heterocycles. The number of hydrogen-bond acceptors (Lipinski definition) is 3. The first-order valence-electron chi connectivity index (χ1n) is 5.65. The zero-order valence-electron chi connectivity index (χ0n) is 10.3. The van der Waals surface area contributed by atoms with E-state index in [0.717, 1.165) is 11.8 Å². The molecule has 7 heteroatoms. The second-order valence-corrected chi connectivity index (χ2v) is 5.12. The molecule has 0 spiro atoms. The predicted molar refractivity (Wildman–Crippen MR) is 72.0 cm³/mol. The van der Waals surface area contributed by atoms with Crippen molar-refractivity contribution in [3.05, 3.63) is 28.1 Å². The molecular weight excluding hydrogens is 302 g/mol. The van der Waals surface area contributed by atoms with Crippen LogP contribution in [0.5, 0.6) is 0 Å². The molecule has 2 N–H and O–H groups in total. The molecule has 0 bridgehead atoms. The number of carbonyl (C=O) groups is 1. The second kappa shape index (κ2) is 6.53. The third-order valence-electron chi connectivity index (χ3n) is 2.66. The fraction of sp³-hybridized carbons (Fsp3) is 0.545. The lowest BCUT2D eigenvalue weighted by Crippen LogP contribution is -2.39. The van der Waals surface area contributed by atoms with Crippen molar-refractivity contribution in [1.29, 1.82) is 0 Å². The van der Waals surface area contributed by atoms with Crippen LogP contribution >= 0.6 is 15.9 Å². The predicted octanol–water partition coefficient (Wildman–Crippen LogP) is 2.46. The largest absolute Gasteiger partial charge is 0.351 e. The number of aromatic nitrogens is 1. The number of carbonyl (C=O) groups excluding carboxylic acids is 1. The number of nitrogens with zero attached hydrogens (tertiary/aromatic N) is 1. The maximum absolute atomic E-state index is 11.9. The van der Waals surface area contributed by atoms with E-state index in [0.29, 0.717) is 5.92 Å². The highest BCUT2D eigenvalue weighted by atomic mass is 79.9. The first-order valence-corrected chi connectivity index (χ1v) is 6.77. The summed E-state index contributed by atoms with van der Waals surface area (Å²) in [5.41, 5.74) is 0.101. The average molecular weight is 318 g/mol. The number of halogens is 1. The van der Waals surface area contributed by atoms with Crippen LogP contribution in [0.4, 0.5) is 5.69 Å². The Kier molecular flexibility index (Phi) is 5.33. The van der Waals surface area contributed by atoms with Crippen molar-refractivity contribution in [2.24, 2.45) is 5.92 Å². The summed E-state index contributed by atoms with van der Waals surface area (Å²) in [4.78, 5) is 24.5. The molecule has 18 heavy (non-hydrogen) atoms. The quantitative estimate of drug-likeness (QED) is 0.480. The van der Waals surface area contributed by atoms with Gasteiger partial charge in [0, 0.05) is 17.4 Å². The van der Waals surface area contributed by atoms with Gasteiger partial charge in [-0.25, -0.2) is 0 Å². The molecule has 1 heterocycles. The molecule has 100 valence electrons. The van der Waals surface area contributed by atoms with E-state index < -0.39 is 4.92 Å². The van der Waals surface area contributed by atoms with Gasteiger partial charge in [-0.3, -0.25) is 14.9 Å². The van der Waals surface area contributed by atoms with Crippen LogP contribution in [-0.4, -0.2) is 27.2 Å². The molecule has 0 radical (unpaired) electrons. The number of hydrogen-bond donors (Lipinski definition) is 2. The number of amides is 1. The van der Waals surface area contributed by atoms with Crippen molar-refractivity contribution in [1.82, 2.24) is 10.3 Å². The Balaban J connectivity index is 2.71. The summed E-state index contributed by atoms with van der Waals surface area (Å²) in [7, 11) is 0. The lowest BCUT2D eigenvalue weighted by Gasteiger charge is -2.21. The number of rotatable bonds is 6. The highest BCUT2D eigenvalue weighted by Crippen LogP contribution is 2.13. The number of nitro groups is 1. The number of aromatic amines is 1. The Morgan fingerprint density at radius 3 is 2.72 bits per heavy atom. The van der Waals surface area contributed by atoms with Crippen LogP contribution in [0.2, 0.25) is 0 Å². The Morgan fingerprint density at radius 2 is 2.28 bits per heavy atom. The Labute approximate surface area is 113 Å². The molecule has 0 aliphatic carbocycles. The van der Waals surface area contributed by atoms with Crippen LogP contribution in [0.1, 0.15) is 30.8 Å². The minimum absolute atomic E-state index is 0.0410. The van der Waals surface area contributed by atoms with Gasteiger partial charge in [-0.15, -0.1) is 0 Å². The molecule has 1 atom stereocenters. The van der Waals surface area contributed by atoms with E-state index in [1.165, 1.54) is 12.3 Å². The zero-order valence-corrected chi connectivity index (χ0v) is 11.9. The normalized spacial score (nSPS) is 12.4. The van der Waals surface area contributed by atoms with Gasteiger partial charge < -0.3 is 10.3 Å². The first kappa shape index (κ1) is 14.7. The topological polar surface area (TPSA) is 88.0 Å². The van der Waals surface area contributed by atoms with E-state index in [-0.39, 0.29) is 23.3 Å². The van der Waals surface area contributed by atoms with Crippen LogP contribution in [0.3, 0.4) is 0 Å². The Morgan fingerprint density at radius 1 is 1.61 bits per heavy atom. The minimum atomic E-state index is -0.536. The molecule has 1 aromatic heterocycles. The summed E-state index contributed by atoms with van der Waals surface area (Å²) in [5, 5.41) is 14.2. The number of H-pyrrole nitrogens is 1. The van der Waals surface area contributed by atoms with Crippen molar-refractivity contribution in [2.45, 2.75) is 26.3 Å². The molecule has 0 aliphatic rings. The van der Waals surface area contributed by atoms with Gasteiger partial charge in [0.05, 0.1) is 11.1 Å². The summed E-state index contributed by atoms with van der Waals surface area (Å²) >= 11 is 3.34.